The van der Waals surface area contributed by atoms with E-state index in [1.54, 1.807) is 6.20 Å². The van der Waals surface area contributed by atoms with E-state index < -0.39 is 5.97 Å². The van der Waals surface area contributed by atoms with Crippen molar-refractivity contribution in [2.75, 3.05) is 5.32 Å². The van der Waals surface area contributed by atoms with Gasteiger partial charge in [0.25, 0.3) is 0 Å². The number of fused-ring (bicyclic) bond motifs is 5. The first-order valence-corrected chi connectivity index (χ1v) is 11.7. The number of nitrogens with one attached hydrogen (secondary N) is 2. The van der Waals surface area contributed by atoms with Crippen LogP contribution < -0.4 is 5.32 Å². The Morgan fingerprint density at radius 3 is 2.73 bits per heavy atom. The van der Waals surface area contributed by atoms with Gasteiger partial charge in [0.05, 0.1) is 11.3 Å². The summed E-state index contributed by atoms with van der Waals surface area (Å²) in [7, 11) is 0. The van der Waals surface area contributed by atoms with E-state index in [0.29, 0.717) is 17.6 Å². The van der Waals surface area contributed by atoms with Gasteiger partial charge in [0.15, 0.2) is 5.82 Å². The minimum Gasteiger partial charge on any atom is -0.481 e. The first-order valence-electron chi connectivity index (χ1n) is 11.7. The highest BCUT2D eigenvalue weighted by Gasteiger charge is 2.47. The molecule has 0 aromatic carbocycles. The molecule has 2 atom stereocenters. The fourth-order valence-corrected chi connectivity index (χ4v) is 5.90. The molecule has 4 heterocycles. The Balaban J connectivity index is 1.50. The molecule has 0 amide bonds. The lowest BCUT2D eigenvalue weighted by Crippen LogP contribution is -2.51. The van der Waals surface area contributed by atoms with Gasteiger partial charge in [-0.1, -0.05) is 0 Å². The van der Waals surface area contributed by atoms with Crippen LogP contribution in [0, 0.1) is 17.8 Å². The van der Waals surface area contributed by atoms with Crippen LogP contribution in [0.15, 0.2) is 31.0 Å². The molecule has 4 aromatic heterocycles. The predicted octanol–water partition coefficient (Wildman–Crippen LogP) is 4.25. The molecule has 2 bridgehead atoms. The van der Waals surface area contributed by atoms with Gasteiger partial charge >= 0.3 is 5.97 Å². The van der Waals surface area contributed by atoms with Crippen molar-refractivity contribution in [3.63, 3.8) is 0 Å². The van der Waals surface area contributed by atoms with E-state index in [0.717, 1.165) is 53.3 Å². The number of anilines is 1. The van der Waals surface area contributed by atoms with E-state index in [4.69, 9.17) is 9.97 Å². The summed E-state index contributed by atoms with van der Waals surface area (Å²) in [5.41, 5.74) is 2.39. The van der Waals surface area contributed by atoms with E-state index in [-0.39, 0.29) is 23.9 Å². The lowest BCUT2D eigenvalue weighted by molar-refractivity contribution is -0.148. The average molecular weight is 446 g/mol. The first kappa shape index (κ1) is 20.1. The largest absolute Gasteiger partial charge is 0.481 e. The Hall–Kier alpha value is -3.49. The molecule has 3 N–H and O–H groups in total. The Bertz CT molecular complexity index is 1350. The molecule has 3 aliphatic rings. The number of aliphatic carboxylic acids is 1. The van der Waals surface area contributed by atoms with Crippen LogP contribution in [0.25, 0.3) is 33.5 Å². The van der Waals surface area contributed by atoms with E-state index in [1.165, 1.54) is 6.33 Å². The maximum atomic E-state index is 12.2. The Labute approximate surface area is 190 Å². The van der Waals surface area contributed by atoms with Crippen molar-refractivity contribution in [2.45, 2.75) is 51.6 Å². The molecule has 3 fully saturated rings. The molecule has 0 unspecified atom stereocenters. The summed E-state index contributed by atoms with van der Waals surface area (Å²) >= 11 is 0. The zero-order chi connectivity index (χ0) is 22.7. The quantitative estimate of drug-likeness (QED) is 0.420. The summed E-state index contributed by atoms with van der Waals surface area (Å²) in [6.45, 7) is 4.24. The van der Waals surface area contributed by atoms with Crippen LogP contribution in [0.3, 0.4) is 0 Å². The number of carboxylic acid groups (broad SMARTS) is 1. The van der Waals surface area contributed by atoms with Crippen LogP contribution in [-0.2, 0) is 4.79 Å². The Kier molecular flexibility index (Phi) is 4.60. The topological polar surface area (TPSA) is 122 Å². The second-order valence-corrected chi connectivity index (χ2v) is 9.65. The van der Waals surface area contributed by atoms with Gasteiger partial charge in [0, 0.05) is 41.6 Å². The predicted molar refractivity (Wildman–Crippen MR) is 125 cm³/mol. The van der Waals surface area contributed by atoms with Gasteiger partial charge in [0.1, 0.15) is 23.4 Å². The number of carbonyl (C=O) groups is 1. The minimum atomic E-state index is -0.707. The lowest BCUT2D eigenvalue weighted by Gasteiger charge is -2.47. The van der Waals surface area contributed by atoms with Crippen molar-refractivity contribution in [3.8, 4) is 11.4 Å². The van der Waals surface area contributed by atoms with Crippen LogP contribution in [-0.4, -0.2) is 46.6 Å². The van der Waals surface area contributed by atoms with Crippen molar-refractivity contribution in [1.29, 1.82) is 0 Å². The molecule has 0 radical (unpaired) electrons. The van der Waals surface area contributed by atoms with Crippen molar-refractivity contribution in [1.82, 2.24) is 29.5 Å². The molecule has 33 heavy (non-hydrogen) atoms. The molecule has 0 spiro atoms. The number of carboxylic acids is 1. The van der Waals surface area contributed by atoms with Crippen LogP contribution in [0.5, 0.6) is 0 Å². The molecule has 9 nitrogen and oxygen atoms in total. The van der Waals surface area contributed by atoms with Crippen molar-refractivity contribution >= 4 is 33.9 Å². The molecular weight excluding hydrogens is 418 g/mol. The summed E-state index contributed by atoms with van der Waals surface area (Å²) < 4.78 is 2.12. The summed E-state index contributed by atoms with van der Waals surface area (Å²) in [4.78, 5) is 33.7. The lowest BCUT2D eigenvalue weighted by atomic mass is 9.61. The molecule has 9 heteroatoms. The smallest absolute Gasteiger partial charge is 0.308 e. The van der Waals surface area contributed by atoms with E-state index in [1.807, 2.05) is 18.5 Å². The van der Waals surface area contributed by atoms with Gasteiger partial charge in [0.2, 0.25) is 0 Å². The third kappa shape index (κ3) is 3.17. The van der Waals surface area contributed by atoms with Crippen LogP contribution in [0.1, 0.15) is 45.6 Å². The number of nitrogens with zero attached hydrogens (tertiary/aromatic N) is 5. The second-order valence-electron chi connectivity index (χ2n) is 9.65. The normalized spacial score (nSPS) is 24.7. The highest BCUT2D eigenvalue weighted by molar-refractivity contribution is 5.95. The third-order valence-corrected chi connectivity index (χ3v) is 7.53. The highest BCUT2D eigenvalue weighted by Crippen LogP contribution is 2.46. The highest BCUT2D eigenvalue weighted by atomic mass is 16.4. The Morgan fingerprint density at radius 2 is 1.97 bits per heavy atom. The molecule has 4 aromatic rings. The molecule has 7 rings (SSSR count). The van der Waals surface area contributed by atoms with Crippen molar-refractivity contribution < 1.29 is 9.90 Å². The summed E-state index contributed by atoms with van der Waals surface area (Å²) in [6, 6.07) is 2.12. The van der Waals surface area contributed by atoms with Gasteiger partial charge in [-0.05, 0) is 57.4 Å². The first-order chi connectivity index (χ1) is 16.0. The minimum absolute atomic E-state index is 0.130. The zero-order valence-corrected chi connectivity index (χ0v) is 18.7. The van der Waals surface area contributed by atoms with E-state index in [9.17, 15) is 9.90 Å². The zero-order valence-electron chi connectivity index (χ0n) is 18.7. The third-order valence-electron chi connectivity index (χ3n) is 7.53. The summed E-state index contributed by atoms with van der Waals surface area (Å²) in [6.07, 6.45) is 11.3. The fraction of sp³-hybridized carbons (Fsp3) is 0.458. The van der Waals surface area contributed by atoms with Gasteiger partial charge in [-0.25, -0.2) is 19.9 Å². The van der Waals surface area contributed by atoms with Gasteiger partial charge in [-0.2, -0.15) is 0 Å². The number of aromatic nitrogens is 6. The number of hydrogen-bond acceptors (Lipinski definition) is 6. The number of hydrogen-bond donors (Lipinski definition) is 3. The second kappa shape index (κ2) is 7.54. The van der Waals surface area contributed by atoms with Crippen LogP contribution >= 0.6 is 0 Å². The van der Waals surface area contributed by atoms with E-state index in [2.05, 4.69) is 38.7 Å². The monoisotopic (exact) mass is 445 g/mol. The maximum Gasteiger partial charge on any atom is 0.308 e. The summed E-state index contributed by atoms with van der Waals surface area (Å²) in [5.74, 6) is 0.746. The van der Waals surface area contributed by atoms with Gasteiger partial charge in [-0.3, -0.25) is 4.79 Å². The molecule has 0 saturated heterocycles. The molecule has 3 aliphatic carbocycles. The number of H-pyrrole nitrogens is 1. The van der Waals surface area contributed by atoms with Crippen LogP contribution in [0.2, 0.25) is 0 Å². The molecular formula is C24H27N7O2. The average Bonchev–Trinajstić information content (AvgIpc) is 3.44. The van der Waals surface area contributed by atoms with E-state index >= 15 is 0 Å². The van der Waals surface area contributed by atoms with Gasteiger partial charge < -0.3 is 20.0 Å². The number of rotatable bonds is 5. The standard InChI is InChI=1S/C24H27N7O2/c1-12(2)31-8-7-15-21(28-19-14-5-3-13(4-6-14)18(19)24(32)33)29-22(30-23(15)31)17-10-26-20-16(17)9-25-11-27-20/h7-14,18-19H,3-6H2,1-2H3,(H,32,33)(H,25,26,27)(H,28,29,30)/t13?,14?,18-,19-/m1/s1. The molecule has 3 saturated carbocycles. The summed E-state index contributed by atoms with van der Waals surface area (Å²) in [5, 5.41) is 15.4. The van der Waals surface area contributed by atoms with Crippen molar-refractivity contribution in [2.24, 2.45) is 17.8 Å². The number of aromatic amines is 1. The van der Waals surface area contributed by atoms with Gasteiger partial charge in [-0.15, -0.1) is 0 Å². The maximum absolute atomic E-state index is 12.2. The van der Waals surface area contributed by atoms with Crippen molar-refractivity contribution in [3.05, 3.63) is 31.0 Å². The molecule has 170 valence electrons. The fourth-order valence-electron chi connectivity index (χ4n) is 5.90. The van der Waals surface area contributed by atoms with Crippen LogP contribution in [0.4, 0.5) is 5.82 Å². The Morgan fingerprint density at radius 1 is 1.18 bits per heavy atom. The molecule has 0 aliphatic heterocycles. The SMILES string of the molecule is CC(C)n1ccc2c(N[C@@H]3C4CCC(CC4)[C@H]3C(=O)O)nc(-c3c[nH]c4ncncc34)nc21.